The van der Waals surface area contributed by atoms with Crippen LogP contribution < -0.4 is 9.64 Å². The van der Waals surface area contributed by atoms with Crippen LogP contribution in [-0.2, 0) is 22.4 Å². The topological polar surface area (TPSA) is 66.8 Å². The zero-order chi connectivity index (χ0) is 26.1. The van der Waals surface area contributed by atoms with Crippen LogP contribution in [0.3, 0.4) is 0 Å². The maximum Gasteiger partial charge on any atom is 0.300 e. The molecule has 3 aromatic rings. The van der Waals surface area contributed by atoms with Gasteiger partial charge < -0.3 is 9.84 Å². The Morgan fingerprint density at radius 3 is 2.27 bits per heavy atom. The monoisotopic (exact) mass is 495 g/mol. The molecule has 0 bridgehead atoms. The summed E-state index contributed by atoms with van der Waals surface area (Å²) in [5.41, 5.74) is 5.70. The molecular weight excluding hydrogens is 462 g/mol. The number of amides is 1. The largest absolute Gasteiger partial charge is 0.507 e. The Morgan fingerprint density at radius 2 is 1.62 bits per heavy atom. The third-order valence-corrected chi connectivity index (χ3v) is 7.41. The van der Waals surface area contributed by atoms with Gasteiger partial charge in [-0.25, -0.2) is 0 Å². The lowest BCUT2D eigenvalue weighted by Gasteiger charge is -2.26. The van der Waals surface area contributed by atoms with Crippen molar-refractivity contribution in [3.8, 4) is 5.75 Å². The van der Waals surface area contributed by atoms with E-state index in [0.29, 0.717) is 29.5 Å². The van der Waals surface area contributed by atoms with Crippen LogP contribution in [0.1, 0.15) is 73.4 Å². The molecule has 190 valence electrons. The molecule has 2 aliphatic rings. The van der Waals surface area contributed by atoms with E-state index in [-0.39, 0.29) is 11.3 Å². The molecule has 1 aliphatic heterocycles. The van der Waals surface area contributed by atoms with E-state index in [4.69, 9.17) is 4.74 Å². The second-order valence-electron chi connectivity index (χ2n) is 10.1. The van der Waals surface area contributed by atoms with Gasteiger partial charge in [-0.2, -0.15) is 0 Å². The highest BCUT2D eigenvalue weighted by Crippen LogP contribution is 2.43. The number of anilines is 1. The van der Waals surface area contributed by atoms with E-state index < -0.39 is 17.7 Å². The van der Waals surface area contributed by atoms with E-state index in [0.717, 1.165) is 36.8 Å². The van der Waals surface area contributed by atoms with Gasteiger partial charge in [-0.15, -0.1) is 0 Å². The molecule has 0 aromatic heterocycles. The Kier molecular flexibility index (Phi) is 6.88. The van der Waals surface area contributed by atoms with Crippen LogP contribution >= 0.6 is 0 Å². The van der Waals surface area contributed by atoms with Crippen molar-refractivity contribution in [3.63, 3.8) is 0 Å². The predicted octanol–water partition coefficient (Wildman–Crippen LogP) is 6.71. The van der Waals surface area contributed by atoms with E-state index in [1.165, 1.54) is 16.0 Å². The minimum atomic E-state index is -0.741. The van der Waals surface area contributed by atoms with Crippen molar-refractivity contribution in [2.75, 3.05) is 11.5 Å². The van der Waals surface area contributed by atoms with Crippen molar-refractivity contribution < 1.29 is 19.4 Å². The van der Waals surface area contributed by atoms with Crippen LogP contribution in [0.2, 0.25) is 0 Å². The van der Waals surface area contributed by atoms with Crippen LogP contribution in [0.5, 0.6) is 5.75 Å². The average molecular weight is 496 g/mol. The van der Waals surface area contributed by atoms with Crippen molar-refractivity contribution in [1.29, 1.82) is 0 Å². The van der Waals surface area contributed by atoms with Crippen LogP contribution in [0.15, 0.2) is 72.3 Å². The van der Waals surface area contributed by atoms with Crippen LogP contribution in [0.25, 0.3) is 5.76 Å². The molecule has 3 aromatic carbocycles. The lowest BCUT2D eigenvalue weighted by Crippen LogP contribution is -2.29. The number of carbonyl (C=O) groups is 2. The van der Waals surface area contributed by atoms with Gasteiger partial charge in [0.05, 0.1) is 18.2 Å². The fraction of sp³-hybridized carbons (Fsp3) is 0.312. The SMILES string of the molecule is CCOc1ccc(N2C(=O)C(=O)/C(=C(\O)c3ccc4c(c3)CCCC4)C2c2ccc(C(C)C)cc2)cc1. The number of Topliss-reactive ketones (excluding diaryl/α,β-unsaturated/α-hetero) is 1. The molecule has 1 aliphatic carbocycles. The number of fused-ring (bicyclic) bond motifs is 1. The summed E-state index contributed by atoms with van der Waals surface area (Å²) in [6.07, 6.45) is 4.26. The summed E-state index contributed by atoms with van der Waals surface area (Å²) < 4.78 is 5.56. The van der Waals surface area contributed by atoms with Crippen LogP contribution in [-0.4, -0.2) is 23.4 Å². The van der Waals surface area contributed by atoms with Crippen molar-refractivity contribution in [2.45, 2.75) is 58.4 Å². The first kappa shape index (κ1) is 24.8. The number of benzene rings is 3. The summed E-state index contributed by atoms with van der Waals surface area (Å²) in [5.74, 6) is -0.418. The van der Waals surface area contributed by atoms with Gasteiger partial charge in [0, 0.05) is 11.3 Å². The molecule has 37 heavy (non-hydrogen) atoms. The molecule has 5 heteroatoms. The second-order valence-corrected chi connectivity index (χ2v) is 10.1. The summed E-state index contributed by atoms with van der Waals surface area (Å²) in [6, 6.07) is 20.2. The molecular formula is C32H33NO4. The lowest BCUT2D eigenvalue weighted by atomic mass is 9.88. The van der Waals surface area contributed by atoms with E-state index >= 15 is 0 Å². The van der Waals surface area contributed by atoms with E-state index in [1.54, 1.807) is 24.3 Å². The second kappa shape index (κ2) is 10.3. The summed E-state index contributed by atoms with van der Waals surface area (Å²) in [5, 5.41) is 11.5. The molecule has 1 amide bonds. The van der Waals surface area contributed by atoms with Crippen molar-refractivity contribution in [2.24, 2.45) is 0 Å². The molecule has 0 saturated carbocycles. The first-order chi connectivity index (χ1) is 17.9. The number of aliphatic hydroxyl groups excluding tert-OH is 1. The Balaban J connectivity index is 1.64. The van der Waals surface area contributed by atoms with Gasteiger partial charge in [0.15, 0.2) is 0 Å². The minimum absolute atomic E-state index is 0.118. The first-order valence-electron chi connectivity index (χ1n) is 13.1. The van der Waals surface area contributed by atoms with Gasteiger partial charge in [0.25, 0.3) is 11.7 Å². The molecule has 1 heterocycles. The van der Waals surface area contributed by atoms with Crippen LogP contribution in [0, 0.1) is 0 Å². The molecule has 0 spiro atoms. The van der Waals surface area contributed by atoms with Crippen molar-refractivity contribution in [3.05, 3.63) is 100 Å². The van der Waals surface area contributed by atoms with Crippen LogP contribution in [0.4, 0.5) is 5.69 Å². The zero-order valence-corrected chi connectivity index (χ0v) is 21.7. The molecule has 1 N–H and O–H groups in total. The highest BCUT2D eigenvalue weighted by atomic mass is 16.5. The fourth-order valence-electron chi connectivity index (χ4n) is 5.38. The summed E-state index contributed by atoms with van der Waals surface area (Å²) >= 11 is 0. The number of aliphatic hydroxyl groups is 1. The quantitative estimate of drug-likeness (QED) is 0.234. The smallest absolute Gasteiger partial charge is 0.300 e. The summed E-state index contributed by atoms with van der Waals surface area (Å²) in [4.78, 5) is 28.4. The number of nitrogens with zero attached hydrogens (tertiary/aromatic N) is 1. The molecule has 1 atom stereocenters. The molecule has 5 nitrogen and oxygen atoms in total. The van der Waals surface area contributed by atoms with Gasteiger partial charge in [0.1, 0.15) is 11.5 Å². The Bertz CT molecular complexity index is 1350. The Morgan fingerprint density at radius 1 is 0.946 bits per heavy atom. The number of rotatable bonds is 6. The third kappa shape index (κ3) is 4.66. The normalized spacial score (nSPS) is 18.8. The van der Waals surface area contributed by atoms with Gasteiger partial charge >= 0.3 is 0 Å². The number of hydrogen-bond donors (Lipinski definition) is 1. The maximum absolute atomic E-state index is 13.5. The lowest BCUT2D eigenvalue weighted by molar-refractivity contribution is -0.132. The number of aryl methyl sites for hydroxylation is 2. The Hall–Kier alpha value is -3.86. The fourth-order valence-corrected chi connectivity index (χ4v) is 5.38. The van der Waals surface area contributed by atoms with Gasteiger partial charge in [-0.1, -0.05) is 50.2 Å². The van der Waals surface area contributed by atoms with Crippen molar-refractivity contribution >= 4 is 23.1 Å². The first-order valence-corrected chi connectivity index (χ1v) is 13.1. The highest BCUT2D eigenvalue weighted by Gasteiger charge is 2.47. The summed E-state index contributed by atoms with van der Waals surface area (Å²) in [7, 11) is 0. The zero-order valence-electron chi connectivity index (χ0n) is 21.7. The van der Waals surface area contributed by atoms with Gasteiger partial charge in [-0.3, -0.25) is 14.5 Å². The molecule has 1 fully saturated rings. The van der Waals surface area contributed by atoms with Gasteiger partial charge in [-0.05, 0) is 91.1 Å². The molecule has 0 radical (unpaired) electrons. The van der Waals surface area contributed by atoms with E-state index in [9.17, 15) is 14.7 Å². The number of hydrogen-bond acceptors (Lipinski definition) is 4. The van der Waals surface area contributed by atoms with Crippen molar-refractivity contribution in [1.82, 2.24) is 0 Å². The number of carbonyl (C=O) groups excluding carboxylic acids is 2. The molecule has 1 saturated heterocycles. The number of ketones is 1. The maximum atomic E-state index is 13.5. The van der Waals surface area contributed by atoms with E-state index in [1.807, 2.05) is 49.4 Å². The van der Waals surface area contributed by atoms with E-state index in [2.05, 4.69) is 13.8 Å². The minimum Gasteiger partial charge on any atom is -0.507 e. The Labute approximate surface area is 218 Å². The van der Waals surface area contributed by atoms with Gasteiger partial charge in [0.2, 0.25) is 0 Å². The number of ether oxygens (including phenoxy) is 1. The molecule has 5 rings (SSSR count). The standard InChI is InChI=1S/C32H33NO4/c1-4-37-27-17-15-26(16-18-27)33-29(23-12-9-21(10-13-23)20(2)3)28(31(35)32(33)36)30(34)25-14-11-22-7-5-6-8-24(22)19-25/h9-20,29,34H,4-8H2,1-3H3/b30-28-. The third-order valence-electron chi connectivity index (χ3n) is 7.41. The highest BCUT2D eigenvalue weighted by molar-refractivity contribution is 6.51. The summed E-state index contributed by atoms with van der Waals surface area (Å²) in [6.45, 7) is 6.69. The average Bonchev–Trinajstić information content (AvgIpc) is 3.18. The predicted molar refractivity (Wildman–Crippen MR) is 146 cm³/mol. The molecule has 1 unspecified atom stereocenters.